The van der Waals surface area contributed by atoms with Crippen LogP contribution in [0.4, 0.5) is 11.4 Å². The average Bonchev–Trinajstić information content (AvgIpc) is 2.75. The molecule has 1 heterocycles. The fourth-order valence-electron chi connectivity index (χ4n) is 3.51. The van der Waals surface area contributed by atoms with Crippen molar-refractivity contribution < 1.29 is 9.53 Å². The number of carbonyl (C=O) groups is 1. The van der Waals surface area contributed by atoms with E-state index in [4.69, 9.17) is 4.74 Å². The van der Waals surface area contributed by atoms with Gasteiger partial charge in [-0.2, -0.15) is 0 Å². The van der Waals surface area contributed by atoms with Gasteiger partial charge < -0.3 is 10.1 Å². The van der Waals surface area contributed by atoms with Gasteiger partial charge in [0, 0.05) is 28.6 Å². The molecule has 5 nitrogen and oxygen atoms in total. The Balaban J connectivity index is 2.16. The summed E-state index contributed by atoms with van der Waals surface area (Å²) in [5.41, 5.74) is 3.65. The van der Waals surface area contributed by atoms with E-state index in [1.54, 1.807) is 7.11 Å². The van der Waals surface area contributed by atoms with Crippen LogP contribution < -0.4 is 10.2 Å². The van der Waals surface area contributed by atoms with E-state index in [-0.39, 0.29) is 11.8 Å². The molecule has 0 radical (unpaired) electrons. The molecule has 0 spiro atoms. The van der Waals surface area contributed by atoms with Gasteiger partial charge in [-0.05, 0) is 63.1 Å². The highest BCUT2D eigenvalue weighted by Gasteiger charge is 2.22. The monoisotopic (exact) mass is 409 g/mol. The van der Waals surface area contributed by atoms with E-state index < -0.39 is 0 Å². The largest absolute Gasteiger partial charge is 0.497 e. The van der Waals surface area contributed by atoms with Crippen LogP contribution in [0, 0.1) is 5.92 Å². The molecule has 1 amide bonds. The van der Waals surface area contributed by atoms with Crippen LogP contribution in [0.25, 0.3) is 0 Å². The number of methoxy groups -OCH3 is 1. The van der Waals surface area contributed by atoms with Crippen LogP contribution in [0.15, 0.2) is 65.0 Å². The summed E-state index contributed by atoms with van der Waals surface area (Å²) in [7, 11) is 1.66. The molecule has 0 aromatic heterocycles. The topological polar surface area (TPSA) is 53.9 Å². The van der Waals surface area contributed by atoms with Gasteiger partial charge in [0.15, 0.2) is 0 Å². The predicted molar refractivity (Wildman–Crippen MR) is 127 cm³/mol. The summed E-state index contributed by atoms with van der Waals surface area (Å²) in [4.78, 5) is 19.2. The number of hydrogen-bond acceptors (Lipinski definition) is 4. The number of ether oxygens (including phenoxy) is 1. The predicted octanol–water partition coefficient (Wildman–Crippen LogP) is 6.07. The lowest BCUT2D eigenvalue weighted by atomic mass is 9.98. The van der Waals surface area contributed by atoms with Gasteiger partial charge in [0.1, 0.15) is 11.6 Å². The highest BCUT2D eigenvalue weighted by atomic mass is 16.5. The summed E-state index contributed by atoms with van der Waals surface area (Å²) < 4.78 is 5.36. The molecular weight excluding hydrogens is 374 g/mol. The van der Waals surface area contributed by atoms with Crippen molar-refractivity contribution in [2.75, 3.05) is 23.9 Å². The molecule has 0 aliphatic carbocycles. The smallest absolute Gasteiger partial charge is 0.227 e. The van der Waals surface area contributed by atoms with Crippen molar-refractivity contribution in [2.24, 2.45) is 10.9 Å². The van der Waals surface area contributed by atoms with E-state index in [0.29, 0.717) is 6.54 Å². The number of nitrogens with zero attached hydrogens (tertiary/aromatic N) is 2. The molecule has 1 atom stereocenters. The Kier molecular flexibility index (Phi) is 8.90. The molecule has 1 aliphatic heterocycles. The SMILES string of the molecule is C=C1/C(=C\C(=C/C)OC)CN=C(C)N1c1ccc(NC(=O)C(CC)CCCC)cc1. The fraction of sp³-hybridized carbons (Fsp3) is 0.440. The van der Waals surface area contributed by atoms with Crippen molar-refractivity contribution >= 4 is 23.1 Å². The first-order valence-electron chi connectivity index (χ1n) is 10.8. The summed E-state index contributed by atoms with van der Waals surface area (Å²) >= 11 is 0. The van der Waals surface area contributed by atoms with Crippen molar-refractivity contribution in [3.63, 3.8) is 0 Å². The molecular formula is C25H35N3O2. The fourth-order valence-corrected chi connectivity index (χ4v) is 3.51. The second-order valence-electron chi connectivity index (χ2n) is 7.49. The summed E-state index contributed by atoms with van der Waals surface area (Å²) in [5, 5.41) is 3.06. The highest BCUT2D eigenvalue weighted by molar-refractivity contribution is 6.01. The van der Waals surface area contributed by atoms with E-state index in [0.717, 1.165) is 59.9 Å². The maximum Gasteiger partial charge on any atom is 0.227 e. The molecule has 1 N–H and O–H groups in total. The molecule has 30 heavy (non-hydrogen) atoms. The van der Waals surface area contributed by atoms with Crippen LogP contribution in [0.2, 0.25) is 0 Å². The van der Waals surface area contributed by atoms with Gasteiger partial charge in [0.2, 0.25) is 5.91 Å². The van der Waals surface area contributed by atoms with E-state index >= 15 is 0 Å². The third kappa shape index (κ3) is 5.85. The molecule has 0 bridgehead atoms. The molecule has 1 unspecified atom stereocenters. The van der Waals surface area contributed by atoms with E-state index in [2.05, 4.69) is 30.7 Å². The minimum atomic E-state index is 0.0650. The highest BCUT2D eigenvalue weighted by Crippen LogP contribution is 2.29. The van der Waals surface area contributed by atoms with Crippen molar-refractivity contribution in [1.82, 2.24) is 0 Å². The quantitative estimate of drug-likeness (QED) is 0.504. The number of hydrogen-bond donors (Lipinski definition) is 1. The Morgan fingerprint density at radius 1 is 1.33 bits per heavy atom. The number of rotatable bonds is 9. The zero-order valence-electron chi connectivity index (χ0n) is 19.0. The molecule has 1 aliphatic rings. The maximum absolute atomic E-state index is 12.6. The van der Waals surface area contributed by atoms with Crippen molar-refractivity contribution in [2.45, 2.75) is 53.4 Å². The van der Waals surface area contributed by atoms with Crippen molar-refractivity contribution in [3.05, 3.63) is 60.0 Å². The lowest BCUT2D eigenvalue weighted by molar-refractivity contribution is -0.120. The number of carbonyl (C=O) groups excluding carboxylic acids is 1. The van der Waals surface area contributed by atoms with Gasteiger partial charge in [-0.3, -0.25) is 14.7 Å². The van der Waals surface area contributed by atoms with Crippen LogP contribution in [-0.2, 0) is 9.53 Å². The minimum Gasteiger partial charge on any atom is -0.497 e. The number of benzene rings is 1. The van der Waals surface area contributed by atoms with Gasteiger partial charge in [-0.25, -0.2) is 0 Å². The molecule has 5 heteroatoms. The minimum absolute atomic E-state index is 0.0650. The molecule has 1 aromatic carbocycles. The van der Waals surface area contributed by atoms with Crippen LogP contribution in [0.5, 0.6) is 0 Å². The Morgan fingerprint density at radius 3 is 2.60 bits per heavy atom. The Hall–Kier alpha value is -2.82. The van der Waals surface area contributed by atoms with Gasteiger partial charge in [-0.15, -0.1) is 0 Å². The zero-order valence-corrected chi connectivity index (χ0v) is 19.0. The van der Waals surface area contributed by atoms with E-state index in [1.807, 2.05) is 55.2 Å². The van der Waals surface area contributed by atoms with Gasteiger partial charge >= 0.3 is 0 Å². The number of amides is 1. The van der Waals surface area contributed by atoms with Gasteiger partial charge in [-0.1, -0.05) is 33.3 Å². The molecule has 0 saturated carbocycles. The summed E-state index contributed by atoms with van der Waals surface area (Å²) in [5.74, 6) is 1.84. The van der Waals surface area contributed by atoms with Crippen LogP contribution >= 0.6 is 0 Å². The molecule has 2 rings (SSSR count). The van der Waals surface area contributed by atoms with E-state index in [1.165, 1.54) is 0 Å². The third-order valence-electron chi connectivity index (χ3n) is 5.44. The lowest BCUT2D eigenvalue weighted by Gasteiger charge is -2.31. The third-order valence-corrected chi connectivity index (χ3v) is 5.44. The Morgan fingerprint density at radius 2 is 2.03 bits per heavy atom. The lowest BCUT2D eigenvalue weighted by Crippen LogP contribution is -2.33. The zero-order chi connectivity index (χ0) is 22.1. The van der Waals surface area contributed by atoms with Crippen LogP contribution in [-0.4, -0.2) is 25.4 Å². The molecule has 1 aromatic rings. The van der Waals surface area contributed by atoms with Crippen molar-refractivity contribution in [1.29, 1.82) is 0 Å². The number of unbranched alkanes of at least 4 members (excludes halogenated alkanes) is 1. The summed E-state index contributed by atoms with van der Waals surface area (Å²) in [6, 6.07) is 7.85. The second kappa shape index (κ2) is 11.4. The van der Waals surface area contributed by atoms with Gasteiger partial charge in [0.05, 0.1) is 13.7 Å². The first kappa shape index (κ1) is 23.5. The summed E-state index contributed by atoms with van der Waals surface area (Å²) in [6.45, 7) is 13.0. The molecule has 0 fully saturated rings. The number of aliphatic imine (C=N–C) groups is 1. The number of nitrogens with one attached hydrogen (secondary N) is 1. The number of anilines is 2. The second-order valence-corrected chi connectivity index (χ2v) is 7.49. The Labute approximate surface area is 181 Å². The number of amidine groups is 1. The van der Waals surface area contributed by atoms with Crippen LogP contribution in [0.1, 0.15) is 53.4 Å². The van der Waals surface area contributed by atoms with Gasteiger partial charge in [0.25, 0.3) is 0 Å². The molecule has 162 valence electrons. The molecule has 0 saturated heterocycles. The first-order chi connectivity index (χ1) is 14.4. The standard InChI is InChI=1S/C25H35N3O2/c1-7-10-11-20(8-2)25(29)27-22-12-14-23(15-13-22)28-18(4)21(17-26-19(28)5)16-24(9-3)30-6/h9,12-16,20H,4,7-8,10-11,17H2,1-3,5-6H3,(H,27,29)/b21-16-,24-9+. The Bertz CT molecular complexity index is 834. The maximum atomic E-state index is 12.6. The summed E-state index contributed by atoms with van der Waals surface area (Å²) in [6.07, 6.45) is 7.87. The average molecular weight is 410 g/mol. The van der Waals surface area contributed by atoms with E-state index in [9.17, 15) is 4.79 Å². The number of allylic oxidation sites excluding steroid dienone is 2. The van der Waals surface area contributed by atoms with Crippen molar-refractivity contribution in [3.8, 4) is 0 Å². The first-order valence-corrected chi connectivity index (χ1v) is 10.8. The normalized spacial score (nSPS) is 17.0. The van der Waals surface area contributed by atoms with Crippen LogP contribution in [0.3, 0.4) is 0 Å².